The van der Waals surface area contributed by atoms with Crippen LogP contribution in [0.25, 0.3) is 10.8 Å². The highest BCUT2D eigenvalue weighted by Crippen LogP contribution is 2.23. The van der Waals surface area contributed by atoms with E-state index in [1.807, 2.05) is 36.4 Å². The molecule has 24 heavy (non-hydrogen) atoms. The minimum atomic E-state index is -1.38. The van der Waals surface area contributed by atoms with E-state index in [2.05, 4.69) is 5.32 Å². The number of nitrogens with zero attached hydrogens (tertiary/aromatic N) is 1. The van der Waals surface area contributed by atoms with Gasteiger partial charge in [0.15, 0.2) is 11.7 Å². The summed E-state index contributed by atoms with van der Waals surface area (Å²) in [5.74, 6) is -2.51. The highest BCUT2D eigenvalue weighted by Gasteiger charge is 2.27. The average molecular weight is 314 g/mol. The molecule has 1 amide bonds. The van der Waals surface area contributed by atoms with E-state index < -0.39 is 17.6 Å². The summed E-state index contributed by atoms with van der Waals surface area (Å²) < 4.78 is 0. The topological polar surface area (TPSA) is 70.0 Å². The maximum Gasteiger partial charge on any atom is 0.249 e. The van der Waals surface area contributed by atoms with Crippen molar-refractivity contribution < 1.29 is 9.59 Å². The lowest BCUT2D eigenvalue weighted by Gasteiger charge is -2.11. The molecule has 3 aromatic carbocycles. The fourth-order valence-electron chi connectivity index (χ4n) is 2.54. The highest BCUT2D eigenvalue weighted by molar-refractivity contribution is 6.16. The first-order chi connectivity index (χ1) is 11.7. The van der Waals surface area contributed by atoms with Crippen molar-refractivity contribution in [1.82, 2.24) is 0 Å². The maximum absolute atomic E-state index is 12.4. The lowest BCUT2D eigenvalue weighted by atomic mass is 9.98. The molecule has 0 aliphatic carbocycles. The van der Waals surface area contributed by atoms with Gasteiger partial charge in [-0.2, -0.15) is 5.26 Å². The van der Waals surface area contributed by atoms with Crippen LogP contribution in [0.2, 0.25) is 0 Å². The van der Waals surface area contributed by atoms with E-state index in [1.54, 1.807) is 42.5 Å². The first-order valence-corrected chi connectivity index (χ1v) is 7.48. The molecule has 0 spiro atoms. The second-order valence-electron chi connectivity index (χ2n) is 5.31. The Labute approximate surface area is 139 Å². The number of hydrogen-bond donors (Lipinski definition) is 1. The van der Waals surface area contributed by atoms with Gasteiger partial charge in [0.25, 0.3) is 0 Å². The first kappa shape index (κ1) is 15.4. The van der Waals surface area contributed by atoms with Gasteiger partial charge in [0.1, 0.15) is 0 Å². The van der Waals surface area contributed by atoms with Crippen molar-refractivity contribution in [3.63, 3.8) is 0 Å². The zero-order valence-electron chi connectivity index (χ0n) is 12.8. The second kappa shape index (κ2) is 6.76. The molecule has 0 fully saturated rings. The highest BCUT2D eigenvalue weighted by atomic mass is 16.2. The summed E-state index contributed by atoms with van der Waals surface area (Å²) >= 11 is 0. The zero-order chi connectivity index (χ0) is 16.9. The number of nitrogens with one attached hydrogen (secondary N) is 1. The van der Waals surface area contributed by atoms with Gasteiger partial charge in [-0.1, -0.05) is 66.7 Å². The quantitative estimate of drug-likeness (QED) is 0.588. The molecule has 0 radical (unpaired) electrons. The summed E-state index contributed by atoms with van der Waals surface area (Å²) in [5, 5.41) is 13.8. The van der Waals surface area contributed by atoms with Gasteiger partial charge in [-0.15, -0.1) is 0 Å². The van der Waals surface area contributed by atoms with Gasteiger partial charge in [0.2, 0.25) is 5.91 Å². The fraction of sp³-hybridized carbons (Fsp3) is 0.0500. The Morgan fingerprint density at radius 1 is 0.875 bits per heavy atom. The second-order valence-corrected chi connectivity index (χ2v) is 5.31. The summed E-state index contributed by atoms with van der Waals surface area (Å²) in [6, 6.07) is 23.3. The Morgan fingerprint density at radius 3 is 2.29 bits per heavy atom. The van der Waals surface area contributed by atoms with Crippen LogP contribution in [0.5, 0.6) is 0 Å². The van der Waals surface area contributed by atoms with Crippen LogP contribution >= 0.6 is 0 Å². The molecule has 3 aromatic rings. The first-order valence-electron chi connectivity index (χ1n) is 7.48. The van der Waals surface area contributed by atoms with E-state index >= 15 is 0 Å². The van der Waals surface area contributed by atoms with Crippen molar-refractivity contribution >= 4 is 28.2 Å². The molecule has 1 N–H and O–H groups in total. The number of ketones is 1. The molecule has 0 aliphatic rings. The number of anilines is 1. The predicted molar refractivity (Wildman–Crippen MR) is 92.5 cm³/mol. The van der Waals surface area contributed by atoms with E-state index in [9.17, 15) is 14.9 Å². The molecular formula is C20H14N2O2. The maximum atomic E-state index is 12.4. The minimum Gasteiger partial charge on any atom is -0.324 e. The lowest BCUT2D eigenvalue weighted by molar-refractivity contribution is -0.117. The third-order valence-corrected chi connectivity index (χ3v) is 3.76. The van der Waals surface area contributed by atoms with Crippen molar-refractivity contribution in [2.45, 2.75) is 0 Å². The van der Waals surface area contributed by atoms with Crippen molar-refractivity contribution in [2.75, 3.05) is 5.32 Å². The van der Waals surface area contributed by atoms with Gasteiger partial charge < -0.3 is 5.32 Å². The Balaban J connectivity index is 1.87. The zero-order valence-corrected chi connectivity index (χ0v) is 12.8. The molecule has 4 heteroatoms. The summed E-state index contributed by atoms with van der Waals surface area (Å²) in [4.78, 5) is 24.8. The molecule has 1 unspecified atom stereocenters. The number of benzene rings is 3. The number of carbonyl (C=O) groups is 2. The number of fused-ring (bicyclic) bond motifs is 1. The number of hydrogen-bond acceptors (Lipinski definition) is 3. The Hall–Kier alpha value is -3.45. The molecule has 116 valence electrons. The van der Waals surface area contributed by atoms with Crippen LogP contribution < -0.4 is 5.32 Å². The summed E-state index contributed by atoms with van der Waals surface area (Å²) in [6.45, 7) is 0. The molecule has 0 aliphatic heterocycles. The predicted octanol–water partition coefficient (Wildman–Crippen LogP) is 3.80. The molecule has 0 saturated heterocycles. The molecule has 0 aromatic heterocycles. The average Bonchev–Trinajstić information content (AvgIpc) is 2.63. The standard InChI is InChI=1S/C20H14N2O2/c21-13-17(19(23)15-8-2-1-3-9-15)20(24)22-18-12-6-10-14-7-4-5-11-16(14)18/h1-12,17H,(H,22,24). The molecule has 0 heterocycles. The van der Waals surface area contributed by atoms with Gasteiger partial charge >= 0.3 is 0 Å². The van der Waals surface area contributed by atoms with Crippen LogP contribution in [0.3, 0.4) is 0 Å². The van der Waals surface area contributed by atoms with Gasteiger partial charge in [0.05, 0.1) is 6.07 Å². The molecule has 4 nitrogen and oxygen atoms in total. The Bertz CT molecular complexity index is 937. The van der Waals surface area contributed by atoms with Crippen LogP contribution in [0, 0.1) is 17.2 Å². The van der Waals surface area contributed by atoms with Crippen molar-refractivity contribution in [2.24, 2.45) is 5.92 Å². The van der Waals surface area contributed by atoms with Gasteiger partial charge in [0, 0.05) is 16.6 Å². The van der Waals surface area contributed by atoms with Crippen LogP contribution in [0.1, 0.15) is 10.4 Å². The van der Waals surface area contributed by atoms with Crippen molar-refractivity contribution in [1.29, 1.82) is 5.26 Å². The van der Waals surface area contributed by atoms with Gasteiger partial charge in [-0.05, 0) is 11.5 Å². The number of Topliss-reactive ketones (excluding diaryl/α,β-unsaturated/α-hetero) is 1. The van der Waals surface area contributed by atoms with E-state index in [1.165, 1.54) is 0 Å². The van der Waals surface area contributed by atoms with Crippen LogP contribution in [-0.2, 0) is 4.79 Å². The number of amides is 1. The lowest BCUT2D eigenvalue weighted by Crippen LogP contribution is -2.28. The summed E-state index contributed by atoms with van der Waals surface area (Å²) in [7, 11) is 0. The monoisotopic (exact) mass is 314 g/mol. The van der Waals surface area contributed by atoms with Gasteiger partial charge in [-0.3, -0.25) is 9.59 Å². The van der Waals surface area contributed by atoms with Crippen molar-refractivity contribution in [3.8, 4) is 6.07 Å². The molecule has 1 atom stereocenters. The third kappa shape index (κ3) is 3.01. The smallest absolute Gasteiger partial charge is 0.249 e. The van der Waals surface area contributed by atoms with Crippen molar-refractivity contribution in [3.05, 3.63) is 78.4 Å². The normalized spacial score (nSPS) is 11.5. The summed E-state index contributed by atoms with van der Waals surface area (Å²) in [5.41, 5.74) is 0.927. The van der Waals surface area contributed by atoms with E-state index in [-0.39, 0.29) is 0 Å². The SMILES string of the molecule is N#CC(C(=O)Nc1cccc2ccccc12)C(=O)c1ccccc1. The minimum absolute atomic E-state index is 0.345. The molecule has 0 saturated carbocycles. The van der Waals surface area contributed by atoms with E-state index in [4.69, 9.17) is 0 Å². The molecule has 3 rings (SSSR count). The van der Waals surface area contributed by atoms with Gasteiger partial charge in [-0.25, -0.2) is 0 Å². The summed E-state index contributed by atoms with van der Waals surface area (Å²) in [6.07, 6.45) is 0. The largest absolute Gasteiger partial charge is 0.324 e. The Kier molecular flexibility index (Phi) is 4.35. The fourth-order valence-corrected chi connectivity index (χ4v) is 2.54. The van der Waals surface area contributed by atoms with Crippen LogP contribution in [-0.4, -0.2) is 11.7 Å². The Morgan fingerprint density at radius 2 is 1.54 bits per heavy atom. The molecular weight excluding hydrogens is 300 g/mol. The number of carbonyl (C=O) groups excluding carboxylic acids is 2. The van der Waals surface area contributed by atoms with Crippen LogP contribution in [0.4, 0.5) is 5.69 Å². The van der Waals surface area contributed by atoms with Crippen LogP contribution in [0.15, 0.2) is 72.8 Å². The number of rotatable bonds is 4. The molecule has 0 bridgehead atoms. The number of nitriles is 1. The third-order valence-electron chi connectivity index (χ3n) is 3.76. The van der Waals surface area contributed by atoms with E-state index in [0.29, 0.717) is 11.3 Å². The van der Waals surface area contributed by atoms with E-state index in [0.717, 1.165) is 10.8 Å².